The van der Waals surface area contributed by atoms with E-state index in [1.54, 1.807) is 18.3 Å². The fourth-order valence-electron chi connectivity index (χ4n) is 3.69. The molecule has 0 aliphatic carbocycles. The molecule has 0 aliphatic rings. The number of carbonyl (C=O) groups excluding carboxylic acids is 1. The average molecular weight is 478 g/mol. The molecule has 32 heavy (non-hydrogen) atoms. The van der Waals surface area contributed by atoms with Gasteiger partial charge in [-0.25, -0.2) is 5.43 Å². The van der Waals surface area contributed by atoms with Gasteiger partial charge in [0.05, 0.1) is 11.2 Å². The quantitative estimate of drug-likeness (QED) is 0.215. The summed E-state index contributed by atoms with van der Waals surface area (Å²) in [4.78, 5) is 13.1. The van der Waals surface area contributed by atoms with Crippen molar-refractivity contribution in [3.8, 4) is 0 Å². The zero-order chi connectivity index (χ0) is 22.1. The molecule has 5 rings (SSSR count). The number of halogens is 2. The maximum Gasteiger partial charge on any atom is 0.283 e. The number of rotatable bonds is 5. The van der Waals surface area contributed by atoms with Crippen LogP contribution in [-0.4, -0.2) is 16.7 Å². The average Bonchev–Trinajstić information content (AvgIpc) is 3.32. The smallest absolute Gasteiger partial charge is 0.283 e. The van der Waals surface area contributed by atoms with E-state index in [1.165, 1.54) is 16.9 Å². The molecule has 7 heteroatoms. The van der Waals surface area contributed by atoms with Crippen LogP contribution in [0.5, 0.6) is 0 Å². The van der Waals surface area contributed by atoms with Crippen LogP contribution in [0.2, 0.25) is 10.0 Å². The number of fused-ring (bicyclic) bond motifs is 2. The summed E-state index contributed by atoms with van der Waals surface area (Å²) in [5.74, 6) is -0.350. The number of para-hydroxylation sites is 1. The molecule has 4 nitrogen and oxygen atoms in total. The Balaban J connectivity index is 1.39. The Morgan fingerprint density at radius 2 is 1.78 bits per heavy atom. The highest BCUT2D eigenvalue weighted by Crippen LogP contribution is 2.36. The SMILES string of the molecule is O=C(N/N=C/c1cn(Cc2ccccc2)c2ccccc12)c1sc2cc(Cl)ccc2c1Cl. The zero-order valence-corrected chi connectivity index (χ0v) is 19.1. The third-order valence-corrected chi connectivity index (χ3v) is 7.07. The van der Waals surface area contributed by atoms with Gasteiger partial charge in [0.15, 0.2) is 0 Å². The molecule has 0 atom stereocenters. The maximum atomic E-state index is 12.7. The highest BCUT2D eigenvalue weighted by Gasteiger charge is 2.17. The predicted molar refractivity (Wildman–Crippen MR) is 134 cm³/mol. The van der Waals surface area contributed by atoms with Crippen LogP contribution in [0.15, 0.2) is 84.1 Å². The molecule has 0 spiro atoms. The van der Waals surface area contributed by atoms with Crippen LogP contribution < -0.4 is 5.43 Å². The Morgan fingerprint density at radius 3 is 2.62 bits per heavy atom. The summed E-state index contributed by atoms with van der Waals surface area (Å²) in [6, 6.07) is 23.8. The minimum atomic E-state index is -0.350. The molecule has 158 valence electrons. The fourth-order valence-corrected chi connectivity index (χ4v) is 5.37. The molecule has 0 saturated carbocycles. The highest BCUT2D eigenvalue weighted by atomic mass is 35.5. The van der Waals surface area contributed by atoms with Crippen molar-refractivity contribution in [3.05, 3.63) is 105 Å². The second-order valence-corrected chi connectivity index (χ2v) is 9.17. The number of aromatic nitrogens is 1. The normalized spacial score (nSPS) is 11.6. The van der Waals surface area contributed by atoms with Gasteiger partial charge in [0, 0.05) is 44.3 Å². The van der Waals surface area contributed by atoms with Crippen molar-refractivity contribution < 1.29 is 4.79 Å². The van der Waals surface area contributed by atoms with Crippen LogP contribution in [0.3, 0.4) is 0 Å². The molecule has 0 saturated heterocycles. The van der Waals surface area contributed by atoms with Crippen LogP contribution in [0.25, 0.3) is 21.0 Å². The Morgan fingerprint density at radius 1 is 1.00 bits per heavy atom. The van der Waals surface area contributed by atoms with Gasteiger partial charge >= 0.3 is 0 Å². The number of thiophene rings is 1. The summed E-state index contributed by atoms with van der Waals surface area (Å²) < 4.78 is 3.04. The van der Waals surface area contributed by atoms with Crippen LogP contribution in [0, 0.1) is 0 Å². The van der Waals surface area contributed by atoms with E-state index in [-0.39, 0.29) is 5.91 Å². The number of nitrogens with zero attached hydrogens (tertiary/aromatic N) is 2. The summed E-state index contributed by atoms with van der Waals surface area (Å²) in [6.07, 6.45) is 3.71. The van der Waals surface area contributed by atoms with E-state index >= 15 is 0 Å². The molecule has 0 fully saturated rings. The second-order valence-electron chi connectivity index (χ2n) is 7.30. The Bertz CT molecular complexity index is 1470. The molecule has 0 unspecified atom stereocenters. The largest absolute Gasteiger partial charge is 0.342 e. The minimum absolute atomic E-state index is 0.350. The number of hydrogen-bond acceptors (Lipinski definition) is 3. The maximum absolute atomic E-state index is 12.7. The van der Waals surface area contributed by atoms with Crippen LogP contribution in [0.1, 0.15) is 20.8 Å². The van der Waals surface area contributed by atoms with Gasteiger partial charge in [-0.3, -0.25) is 4.79 Å². The lowest BCUT2D eigenvalue weighted by Crippen LogP contribution is -2.16. The van der Waals surface area contributed by atoms with E-state index in [2.05, 4.69) is 33.3 Å². The summed E-state index contributed by atoms with van der Waals surface area (Å²) in [6.45, 7) is 0.751. The van der Waals surface area contributed by atoms with Gasteiger partial charge in [0.2, 0.25) is 0 Å². The van der Waals surface area contributed by atoms with Crippen molar-refractivity contribution in [2.24, 2.45) is 5.10 Å². The van der Waals surface area contributed by atoms with E-state index in [0.29, 0.717) is 14.9 Å². The third kappa shape index (κ3) is 4.02. The summed E-state index contributed by atoms with van der Waals surface area (Å²) in [7, 11) is 0. The number of hydrazone groups is 1. The van der Waals surface area contributed by atoms with Gasteiger partial charge in [-0.05, 0) is 23.8 Å². The first-order valence-corrected chi connectivity index (χ1v) is 11.5. The van der Waals surface area contributed by atoms with Gasteiger partial charge in [-0.2, -0.15) is 5.10 Å². The molecule has 1 N–H and O–H groups in total. The third-order valence-electron chi connectivity index (χ3n) is 5.18. The molecular formula is C25H17Cl2N3OS. The van der Waals surface area contributed by atoms with Gasteiger partial charge < -0.3 is 4.57 Å². The van der Waals surface area contributed by atoms with Gasteiger partial charge in [0.25, 0.3) is 5.91 Å². The van der Waals surface area contributed by atoms with E-state index in [1.807, 2.05) is 48.7 Å². The number of hydrogen-bond donors (Lipinski definition) is 1. The number of carbonyl (C=O) groups is 1. The lowest BCUT2D eigenvalue weighted by atomic mass is 10.2. The highest BCUT2D eigenvalue weighted by molar-refractivity contribution is 7.21. The molecule has 2 aromatic heterocycles. The van der Waals surface area contributed by atoms with Crippen molar-refractivity contribution in [2.75, 3.05) is 0 Å². The molecule has 5 aromatic rings. The summed E-state index contributed by atoms with van der Waals surface area (Å²) >= 11 is 13.8. The predicted octanol–water partition coefficient (Wildman–Crippen LogP) is 6.98. The second kappa shape index (κ2) is 8.79. The van der Waals surface area contributed by atoms with E-state index in [0.717, 1.165) is 33.1 Å². The molecule has 0 radical (unpaired) electrons. The molecule has 3 aromatic carbocycles. The number of benzene rings is 3. The van der Waals surface area contributed by atoms with Crippen molar-refractivity contribution >= 4 is 67.6 Å². The molecule has 0 bridgehead atoms. The van der Waals surface area contributed by atoms with Crippen LogP contribution in [-0.2, 0) is 6.54 Å². The Labute approximate surface area is 198 Å². The Hall–Kier alpha value is -3.12. The summed E-state index contributed by atoms with van der Waals surface area (Å²) in [5, 5.41) is 7.09. The van der Waals surface area contributed by atoms with Gasteiger partial charge in [-0.1, -0.05) is 77.8 Å². The number of amides is 1. The first-order chi connectivity index (χ1) is 15.6. The van der Waals surface area contributed by atoms with Crippen LogP contribution in [0.4, 0.5) is 0 Å². The van der Waals surface area contributed by atoms with E-state index < -0.39 is 0 Å². The zero-order valence-electron chi connectivity index (χ0n) is 16.8. The van der Waals surface area contributed by atoms with Gasteiger partial charge in [0.1, 0.15) is 4.88 Å². The van der Waals surface area contributed by atoms with Crippen molar-refractivity contribution in [1.82, 2.24) is 9.99 Å². The first kappa shape index (κ1) is 20.8. The molecular weight excluding hydrogens is 461 g/mol. The first-order valence-electron chi connectivity index (χ1n) is 9.93. The molecule has 2 heterocycles. The van der Waals surface area contributed by atoms with Crippen molar-refractivity contribution in [1.29, 1.82) is 0 Å². The molecule has 0 aliphatic heterocycles. The fraction of sp³-hybridized carbons (Fsp3) is 0.0400. The van der Waals surface area contributed by atoms with E-state index in [4.69, 9.17) is 23.2 Å². The Kier molecular flexibility index (Phi) is 5.70. The molecule has 1 amide bonds. The lowest BCUT2D eigenvalue weighted by Gasteiger charge is -2.05. The lowest BCUT2D eigenvalue weighted by molar-refractivity contribution is 0.0959. The monoisotopic (exact) mass is 477 g/mol. The number of nitrogens with one attached hydrogen (secondary N) is 1. The van der Waals surface area contributed by atoms with Crippen LogP contribution >= 0.6 is 34.5 Å². The topological polar surface area (TPSA) is 46.4 Å². The van der Waals surface area contributed by atoms with E-state index in [9.17, 15) is 4.79 Å². The van der Waals surface area contributed by atoms with Gasteiger partial charge in [-0.15, -0.1) is 11.3 Å². The standard InChI is InChI=1S/C25H17Cl2N3OS/c26-18-10-11-20-22(12-18)32-24(23(20)27)25(31)29-28-13-17-15-30(14-16-6-2-1-3-7-16)21-9-5-4-8-19(17)21/h1-13,15H,14H2,(H,29,31)/b28-13+. The minimum Gasteiger partial charge on any atom is -0.342 e. The summed E-state index contributed by atoms with van der Waals surface area (Å²) in [5.41, 5.74) is 5.84. The van der Waals surface area contributed by atoms with Crippen molar-refractivity contribution in [3.63, 3.8) is 0 Å². The van der Waals surface area contributed by atoms with Crippen molar-refractivity contribution in [2.45, 2.75) is 6.54 Å².